The lowest BCUT2D eigenvalue weighted by molar-refractivity contribution is -0.144. The van der Waals surface area contributed by atoms with E-state index in [1.54, 1.807) is 11.1 Å². The molecule has 6 nitrogen and oxygen atoms in total. The summed E-state index contributed by atoms with van der Waals surface area (Å²) in [5, 5.41) is 15.5. The maximum atomic E-state index is 12.7. The minimum atomic E-state index is -1.00. The van der Waals surface area contributed by atoms with Gasteiger partial charge in [-0.1, -0.05) is 72.8 Å². The molecule has 3 aromatic carbocycles. The Labute approximate surface area is 205 Å². The van der Waals surface area contributed by atoms with E-state index in [0.717, 1.165) is 24.1 Å². The van der Waals surface area contributed by atoms with Gasteiger partial charge in [-0.3, -0.25) is 4.79 Å². The van der Waals surface area contributed by atoms with Gasteiger partial charge in [0, 0.05) is 18.9 Å². The standard InChI is InChI=1S/C29H30N2O4/c1-21(29(33)34)35-25-16-8-10-22(20-25)11-9-19-31-27(32)18-17-26(30-31)28(23-12-4-2-5-13-23)24-14-6-3-7-15-24/h2-8,10,12-16,20-21,28H,9,11,17-19H2,1H3,(H,33,34)/t21-/m0/s1. The topological polar surface area (TPSA) is 79.2 Å². The highest BCUT2D eigenvalue weighted by Crippen LogP contribution is 2.30. The number of nitrogens with zero attached hydrogens (tertiary/aromatic N) is 2. The van der Waals surface area contributed by atoms with Crippen molar-refractivity contribution in [2.24, 2.45) is 5.10 Å². The fraction of sp³-hybridized carbons (Fsp3) is 0.276. The summed E-state index contributed by atoms with van der Waals surface area (Å²) in [5.41, 5.74) is 4.36. The molecule has 3 aromatic rings. The van der Waals surface area contributed by atoms with Crippen LogP contribution >= 0.6 is 0 Å². The van der Waals surface area contributed by atoms with Crippen LogP contribution in [0.3, 0.4) is 0 Å². The highest BCUT2D eigenvalue weighted by molar-refractivity contribution is 5.98. The number of carboxylic acid groups (broad SMARTS) is 1. The molecule has 0 spiro atoms. The van der Waals surface area contributed by atoms with Crippen molar-refractivity contribution in [2.75, 3.05) is 6.54 Å². The average molecular weight is 471 g/mol. The van der Waals surface area contributed by atoms with E-state index in [0.29, 0.717) is 25.1 Å². The van der Waals surface area contributed by atoms with Crippen molar-refractivity contribution >= 4 is 17.6 Å². The van der Waals surface area contributed by atoms with Gasteiger partial charge in [0.25, 0.3) is 0 Å². The summed E-state index contributed by atoms with van der Waals surface area (Å²) < 4.78 is 5.47. The van der Waals surface area contributed by atoms with Gasteiger partial charge in [-0.15, -0.1) is 0 Å². The van der Waals surface area contributed by atoms with E-state index >= 15 is 0 Å². The Kier molecular flexibility index (Phi) is 7.93. The van der Waals surface area contributed by atoms with Crippen LogP contribution in [0.1, 0.15) is 48.8 Å². The van der Waals surface area contributed by atoms with Crippen molar-refractivity contribution < 1.29 is 19.4 Å². The molecule has 1 atom stereocenters. The normalized spacial score (nSPS) is 14.5. The second kappa shape index (κ2) is 11.5. The molecule has 1 heterocycles. The predicted octanol–water partition coefficient (Wildman–Crippen LogP) is 5.28. The zero-order valence-corrected chi connectivity index (χ0v) is 19.8. The van der Waals surface area contributed by atoms with Crippen LogP contribution < -0.4 is 4.74 Å². The molecule has 6 heteroatoms. The van der Waals surface area contributed by atoms with E-state index in [1.807, 2.05) is 54.6 Å². The number of hydrogen-bond donors (Lipinski definition) is 1. The van der Waals surface area contributed by atoms with E-state index in [1.165, 1.54) is 18.1 Å². The van der Waals surface area contributed by atoms with Crippen molar-refractivity contribution in [2.45, 2.75) is 44.6 Å². The Balaban J connectivity index is 1.46. The number of carbonyl (C=O) groups is 2. The van der Waals surface area contributed by atoms with Gasteiger partial charge >= 0.3 is 5.97 Å². The molecule has 180 valence electrons. The summed E-state index contributed by atoms with van der Waals surface area (Å²) in [6.45, 7) is 2.03. The Morgan fingerprint density at radius 3 is 2.26 bits per heavy atom. The van der Waals surface area contributed by atoms with Crippen LogP contribution in [0.15, 0.2) is 90.0 Å². The number of hydrogen-bond acceptors (Lipinski definition) is 4. The zero-order chi connectivity index (χ0) is 24.6. The summed E-state index contributed by atoms with van der Waals surface area (Å²) in [7, 11) is 0. The molecule has 4 rings (SSSR count). The van der Waals surface area contributed by atoms with Crippen LogP contribution in [-0.4, -0.2) is 40.4 Å². The molecule has 0 aromatic heterocycles. The number of aryl methyl sites for hydroxylation is 1. The van der Waals surface area contributed by atoms with Gasteiger partial charge in [0.1, 0.15) is 5.75 Å². The first kappa shape index (κ1) is 24.2. The van der Waals surface area contributed by atoms with Crippen LogP contribution in [-0.2, 0) is 16.0 Å². The number of carboxylic acids is 1. The quantitative estimate of drug-likeness (QED) is 0.437. The third kappa shape index (κ3) is 6.35. The number of benzene rings is 3. The van der Waals surface area contributed by atoms with Gasteiger partial charge in [-0.25, -0.2) is 9.80 Å². The maximum Gasteiger partial charge on any atom is 0.344 e. The molecule has 35 heavy (non-hydrogen) atoms. The van der Waals surface area contributed by atoms with Gasteiger partial charge in [0.15, 0.2) is 6.10 Å². The summed E-state index contributed by atoms with van der Waals surface area (Å²) in [6.07, 6.45) is 1.65. The van der Waals surface area contributed by atoms with E-state index in [2.05, 4.69) is 24.3 Å². The van der Waals surface area contributed by atoms with Gasteiger partial charge in [0.2, 0.25) is 5.91 Å². The van der Waals surface area contributed by atoms with Crippen LogP contribution in [0.2, 0.25) is 0 Å². The molecule has 1 aliphatic heterocycles. The molecule has 1 N–H and O–H groups in total. The summed E-state index contributed by atoms with van der Waals surface area (Å²) in [6, 6.07) is 28.0. The second-order valence-electron chi connectivity index (χ2n) is 8.71. The van der Waals surface area contributed by atoms with Crippen LogP contribution in [0.25, 0.3) is 0 Å². The monoisotopic (exact) mass is 470 g/mol. The number of ether oxygens (including phenoxy) is 1. The predicted molar refractivity (Wildman–Crippen MR) is 136 cm³/mol. The molecule has 1 amide bonds. The van der Waals surface area contributed by atoms with E-state index in [4.69, 9.17) is 14.9 Å². The first-order valence-electron chi connectivity index (χ1n) is 12.0. The van der Waals surface area contributed by atoms with Gasteiger partial charge in [-0.05, 0) is 55.0 Å². The lowest BCUT2D eigenvalue weighted by Crippen LogP contribution is -2.34. The molecule has 0 radical (unpaired) electrons. The summed E-state index contributed by atoms with van der Waals surface area (Å²) >= 11 is 0. The minimum Gasteiger partial charge on any atom is -0.479 e. The Morgan fingerprint density at radius 1 is 0.971 bits per heavy atom. The fourth-order valence-electron chi connectivity index (χ4n) is 4.33. The summed E-state index contributed by atoms with van der Waals surface area (Å²) in [5.74, 6) is -0.420. The molecule has 0 saturated carbocycles. The Hall–Kier alpha value is -3.93. The SMILES string of the molecule is C[C@H](Oc1cccc(CCCN2N=C(C(c3ccccc3)c3ccccc3)CCC2=O)c1)C(=O)O. The van der Waals surface area contributed by atoms with Crippen molar-refractivity contribution in [1.29, 1.82) is 0 Å². The zero-order valence-electron chi connectivity index (χ0n) is 19.8. The molecular formula is C29H30N2O4. The lowest BCUT2D eigenvalue weighted by Gasteiger charge is -2.28. The van der Waals surface area contributed by atoms with Crippen molar-refractivity contribution in [1.82, 2.24) is 5.01 Å². The van der Waals surface area contributed by atoms with Gasteiger partial charge in [0.05, 0.1) is 5.71 Å². The molecule has 0 bridgehead atoms. The largest absolute Gasteiger partial charge is 0.479 e. The number of carbonyl (C=O) groups excluding carboxylic acids is 1. The van der Waals surface area contributed by atoms with E-state index in [-0.39, 0.29) is 11.8 Å². The summed E-state index contributed by atoms with van der Waals surface area (Å²) in [4.78, 5) is 23.7. The van der Waals surface area contributed by atoms with Crippen molar-refractivity contribution in [3.8, 4) is 5.75 Å². The highest BCUT2D eigenvalue weighted by atomic mass is 16.5. The molecule has 0 fully saturated rings. The van der Waals surface area contributed by atoms with Crippen LogP contribution in [0, 0.1) is 0 Å². The van der Waals surface area contributed by atoms with E-state index in [9.17, 15) is 9.59 Å². The third-order valence-corrected chi connectivity index (χ3v) is 6.13. The average Bonchev–Trinajstić information content (AvgIpc) is 2.87. The molecule has 0 aliphatic carbocycles. The maximum absolute atomic E-state index is 12.7. The Morgan fingerprint density at radius 2 is 1.63 bits per heavy atom. The van der Waals surface area contributed by atoms with E-state index < -0.39 is 12.1 Å². The second-order valence-corrected chi connectivity index (χ2v) is 8.71. The molecule has 1 aliphatic rings. The molecule has 0 saturated heterocycles. The molecule has 0 unspecified atom stereocenters. The lowest BCUT2D eigenvalue weighted by atomic mass is 9.85. The third-order valence-electron chi connectivity index (χ3n) is 6.13. The fourth-order valence-corrected chi connectivity index (χ4v) is 4.33. The van der Waals surface area contributed by atoms with Crippen LogP contribution in [0.4, 0.5) is 0 Å². The van der Waals surface area contributed by atoms with Crippen LogP contribution in [0.5, 0.6) is 5.75 Å². The number of amides is 1. The first-order chi connectivity index (χ1) is 17.0. The van der Waals surface area contributed by atoms with Crippen molar-refractivity contribution in [3.05, 3.63) is 102 Å². The highest BCUT2D eigenvalue weighted by Gasteiger charge is 2.27. The Bertz CT molecular complexity index is 1140. The minimum absolute atomic E-state index is 0.0121. The number of rotatable bonds is 10. The first-order valence-corrected chi connectivity index (χ1v) is 12.0. The number of aliphatic carboxylic acids is 1. The smallest absolute Gasteiger partial charge is 0.344 e. The van der Waals surface area contributed by atoms with Crippen molar-refractivity contribution in [3.63, 3.8) is 0 Å². The van der Waals surface area contributed by atoms with Gasteiger partial charge < -0.3 is 9.84 Å². The molecular weight excluding hydrogens is 440 g/mol. The number of hydrazone groups is 1. The van der Waals surface area contributed by atoms with Gasteiger partial charge in [-0.2, -0.15) is 5.10 Å².